The van der Waals surface area contributed by atoms with E-state index >= 15 is 0 Å². The molecule has 0 amide bonds. The van der Waals surface area contributed by atoms with Gasteiger partial charge in [-0.25, -0.2) is 0 Å². The lowest BCUT2D eigenvalue weighted by atomic mass is 10.0. The highest BCUT2D eigenvalue weighted by Gasteiger charge is 2.41. The Labute approximate surface area is 120 Å². The summed E-state index contributed by atoms with van der Waals surface area (Å²) in [6.07, 6.45) is 0.372. The number of carboxylic acid groups (broad SMARTS) is 1. The zero-order valence-electron chi connectivity index (χ0n) is 10.1. The van der Waals surface area contributed by atoms with Crippen LogP contribution < -0.4 is 5.73 Å². The maximum atomic E-state index is 11.1. The third-order valence-corrected chi connectivity index (χ3v) is 3.81. The van der Waals surface area contributed by atoms with Crippen molar-refractivity contribution in [3.8, 4) is 5.75 Å². The van der Waals surface area contributed by atoms with Crippen LogP contribution in [0.3, 0.4) is 0 Å². The maximum absolute atomic E-state index is 11.1. The summed E-state index contributed by atoms with van der Waals surface area (Å²) in [5.74, 6) is -1.04. The van der Waals surface area contributed by atoms with Crippen molar-refractivity contribution in [1.29, 1.82) is 0 Å². The molecule has 4 N–H and O–H groups in total. The second kappa shape index (κ2) is 5.17. The first-order valence-electron chi connectivity index (χ1n) is 5.73. The molecule has 0 bridgehead atoms. The van der Waals surface area contributed by atoms with Gasteiger partial charge in [-0.15, -0.1) is 0 Å². The number of phenolic OH excluding ortho intramolecular Hbond substituents is 1. The van der Waals surface area contributed by atoms with Crippen LogP contribution in [-0.4, -0.2) is 39.7 Å². The van der Waals surface area contributed by atoms with Gasteiger partial charge in [0.05, 0.1) is 5.02 Å². The number of nitrogens with two attached hydrogens (primary N) is 1. The number of phenols is 1. The number of rotatable bonds is 3. The second-order valence-electron chi connectivity index (χ2n) is 4.82. The smallest absolute Gasteiger partial charge is 0.325 e. The predicted molar refractivity (Wildman–Crippen MR) is 72.6 cm³/mol. The molecule has 1 aliphatic heterocycles. The van der Waals surface area contributed by atoms with E-state index in [-0.39, 0.29) is 17.3 Å². The highest BCUT2D eigenvalue weighted by molar-refractivity contribution is 6.35. The topological polar surface area (TPSA) is 86.8 Å². The number of aliphatic carboxylic acids is 1. The fourth-order valence-electron chi connectivity index (χ4n) is 2.20. The Morgan fingerprint density at radius 1 is 1.47 bits per heavy atom. The zero-order chi connectivity index (χ0) is 14.2. The van der Waals surface area contributed by atoms with Crippen molar-refractivity contribution in [2.45, 2.75) is 18.5 Å². The molecule has 19 heavy (non-hydrogen) atoms. The van der Waals surface area contributed by atoms with Gasteiger partial charge in [0.1, 0.15) is 11.3 Å². The predicted octanol–water partition coefficient (Wildman–Crippen LogP) is 1.69. The molecule has 0 saturated carbocycles. The molecule has 1 atom stereocenters. The van der Waals surface area contributed by atoms with E-state index in [4.69, 9.17) is 34.0 Å². The lowest BCUT2D eigenvalue weighted by Gasteiger charge is -2.20. The number of halogens is 2. The van der Waals surface area contributed by atoms with Crippen molar-refractivity contribution in [3.63, 3.8) is 0 Å². The largest absolute Gasteiger partial charge is 0.506 e. The lowest BCUT2D eigenvalue weighted by Crippen LogP contribution is -2.50. The van der Waals surface area contributed by atoms with Crippen LogP contribution in [0.25, 0.3) is 0 Å². The Morgan fingerprint density at radius 3 is 2.74 bits per heavy atom. The highest BCUT2D eigenvalue weighted by atomic mass is 35.5. The number of likely N-dealkylation sites (tertiary alicyclic amines) is 1. The van der Waals surface area contributed by atoms with Crippen molar-refractivity contribution in [3.05, 3.63) is 27.7 Å². The third kappa shape index (κ3) is 2.95. The molecule has 2 rings (SSSR count). The quantitative estimate of drug-likeness (QED) is 0.791. The molecule has 7 heteroatoms. The first-order valence-corrected chi connectivity index (χ1v) is 6.49. The van der Waals surface area contributed by atoms with Crippen molar-refractivity contribution < 1.29 is 15.0 Å². The molecule has 0 aliphatic carbocycles. The molecule has 1 heterocycles. The minimum atomic E-state index is -1.22. The summed E-state index contributed by atoms with van der Waals surface area (Å²) in [7, 11) is 0. The first kappa shape index (κ1) is 14.4. The van der Waals surface area contributed by atoms with Gasteiger partial charge in [0, 0.05) is 30.2 Å². The summed E-state index contributed by atoms with van der Waals surface area (Å²) < 4.78 is 0. The summed E-state index contributed by atoms with van der Waals surface area (Å²) in [5.41, 5.74) is 5.13. The Bertz CT molecular complexity index is 524. The highest BCUT2D eigenvalue weighted by Crippen LogP contribution is 2.33. The molecule has 5 nitrogen and oxygen atoms in total. The van der Waals surface area contributed by atoms with Crippen molar-refractivity contribution in [2.75, 3.05) is 13.1 Å². The van der Waals surface area contributed by atoms with Crippen molar-refractivity contribution >= 4 is 29.2 Å². The number of hydrogen-bond donors (Lipinski definition) is 3. The van der Waals surface area contributed by atoms with E-state index in [9.17, 15) is 9.90 Å². The number of carboxylic acids is 1. The number of aromatic hydroxyl groups is 1. The third-order valence-electron chi connectivity index (χ3n) is 3.31. The number of benzene rings is 1. The van der Waals surface area contributed by atoms with E-state index in [0.717, 1.165) is 0 Å². The van der Waals surface area contributed by atoms with Gasteiger partial charge in [0.25, 0.3) is 0 Å². The van der Waals surface area contributed by atoms with Crippen LogP contribution in [-0.2, 0) is 11.3 Å². The SMILES string of the molecule is NC1(C(=O)O)CCN(Cc2cc(Cl)cc(Cl)c2O)C1. The molecule has 1 unspecified atom stereocenters. The molecule has 1 aliphatic rings. The molecule has 1 aromatic carbocycles. The molecule has 104 valence electrons. The Balaban J connectivity index is 2.14. The fourth-order valence-corrected chi connectivity index (χ4v) is 2.74. The van der Waals surface area contributed by atoms with Crippen LogP contribution in [0.15, 0.2) is 12.1 Å². The van der Waals surface area contributed by atoms with Gasteiger partial charge >= 0.3 is 5.97 Å². The molecule has 1 aromatic rings. The zero-order valence-corrected chi connectivity index (χ0v) is 11.6. The summed E-state index contributed by atoms with van der Waals surface area (Å²) >= 11 is 11.7. The summed E-state index contributed by atoms with van der Waals surface area (Å²) in [4.78, 5) is 12.9. The fraction of sp³-hybridized carbons (Fsp3) is 0.417. The monoisotopic (exact) mass is 304 g/mol. The van der Waals surface area contributed by atoms with Gasteiger partial charge in [-0.3, -0.25) is 9.69 Å². The molecular weight excluding hydrogens is 291 g/mol. The van der Waals surface area contributed by atoms with E-state index in [2.05, 4.69) is 0 Å². The summed E-state index contributed by atoms with van der Waals surface area (Å²) in [5, 5.41) is 19.5. The second-order valence-corrected chi connectivity index (χ2v) is 5.66. The van der Waals surface area contributed by atoms with Gasteiger partial charge in [-0.05, 0) is 18.6 Å². The average molecular weight is 305 g/mol. The van der Waals surface area contributed by atoms with Gasteiger partial charge in [0.2, 0.25) is 0 Å². The van der Waals surface area contributed by atoms with Gasteiger partial charge < -0.3 is 15.9 Å². The minimum absolute atomic E-state index is 0.0316. The van der Waals surface area contributed by atoms with Crippen LogP contribution in [0, 0.1) is 0 Å². The van der Waals surface area contributed by atoms with E-state index in [1.54, 1.807) is 6.07 Å². The number of nitrogens with zero attached hydrogens (tertiary/aromatic N) is 1. The Kier molecular flexibility index (Phi) is 3.92. The van der Waals surface area contributed by atoms with Crippen LogP contribution in [0.4, 0.5) is 0 Å². The van der Waals surface area contributed by atoms with Gasteiger partial charge in [-0.1, -0.05) is 23.2 Å². The minimum Gasteiger partial charge on any atom is -0.506 e. The van der Waals surface area contributed by atoms with Crippen LogP contribution in [0.1, 0.15) is 12.0 Å². The number of hydrogen-bond acceptors (Lipinski definition) is 4. The lowest BCUT2D eigenvalue weighted by molar-refractivity contribution is -0.142. The van der Waals surface area contributed by atoms with Crippen LogP contribution >= 0.6 is 23.2 Å². The number of carbonyl (C=O) groups is 1. The van der Waals surface area contributed by atoms with Crippen LogP contribution in [0.2, 0.25) is 10.0 Å². The molecule has 0 aromatic heterocycles. The summed E-state index contributed by atoms with van der Waals surface area (Å²) in [6, 6.07) is 3.07. The first-order chi connectivity index (χ1) is 8.82. The maximum Gasteiger partial charge on any atom is 0.325 e. The molecular formula is C12H14Cl2N2O3. The Morgan fingerprint density at radius 2 is 2.16 bits per heavy atom. The average Bonchev–Trinajstić information content (AvgIpc) is 2.69. The van der Waals surface area contributed by atoms with E-state index in [0.29, 0.717) is 30.1 Å². The molecule has 1 fully saturated rings. The van der Waals surface area contributed by atoms with Gasteiger partial charge in [0.15, 0.2) is 0 Å². The van der Waals surface area contributed by atoms with Gasteiger partial charge in [-0.2, -0.15) is 0 Å². The van der Waals surface area contributed by atoms with Crippen LogP contribution in [0.5, 0.6) is 5.75 Å². The standard InChI is InChI=1S/C12H14Cl2N2O3/c13-8-3-7(10(17)9(14)4-8)5-16-2-1-12(15,6-16)11(18)19/h3-4,17H,1-2,5-6,15H2,(H,18,19). The van der Waals surface area contributed by atoms with E-state index < -0.39 is 11.5 Å². The normalized spacial score (nSPS) is 23.7. The van der Waals surface area contributed by atoms with E-state index in [1.807, 2.05) is 4.90 Å². The molecule has 1 saturated heterocycles. The molecule has 0 spiro atoms. The Hall–Kier alpha value is -1.01. The van der Waals surface area contributed by atoms with E-state index in [1.165, 1.54) is 6.07 Å². The summed E-state index contributed by atoms with van der Waals surface area (Å²) in [6.45, 7) is 1.14. The van der Waals surface area contributed by atoms with Crippen molar-refractivity contribution in [2.24, 2.45) is 5.73 Å². The molecule has 0 radical (unpaired) electrons. The van der Waals surface area contributed by atoms with Crippen molar-refractivity contribution in [1.82, 2.24) is 4.90 Å².